The lowest BCUT2D eigenvalue weighted by Crippen LogP contribution is -2.29. The van der Waals surface area contributed by atoms with E-state index < -0.39 is 0 Å². The van der Waals surface area contributed by atoms with Crippen LogP contribution < -0.4 is 9.47 Å². The van der Waals surface area contributed by atoms with E-state index in [0.29, 0.717) is 30.1 Å². The molecule has 2 aromatic carbocycles. The third-order valence-corrected chi connectivity index (χ3v) is 6.82. The SMILES string of the molecule is Cc1c(Cc2c(OC(C(C)C)C(C)C)ccc(CN=O)c2C)cccc1OC(C(C)C)C(C)C. The molecule has 4 nitrogen and oxygen atoms in total. The van der Waals surface area contributed by atoms with Crippen molar-refractivity contribution < 1.29 is 9.47 Å². The Morgan fingerprint density at radius 2 is 1.21 bits per heavy atom. The fraction of sp³-hybridized carbons (Fsp3) is 0.600. The minimum Gasteiger partial charge on any atom is -0.490 e. The molecule has 0 unspecified atom stereocenters. The Hall–Kier alpha value is -2.36. The Morgan fingerprint density at radius 3 is 1.71 bits per heavy atom. The maximum Gasteiger partial charge on any atom is 0.123 e. The van der Waals surface area contributed by atoms with E-state index in [2.05, 4.69) is 92.6 Å². The molecule has 0 fully saturated rings. The molecule has 0 spiro atoms. The van der Waals surface area contributed by atoms with Crippen LogP contribution in [-0.4, -0.2) is 12.2 Å². The lowest BCUT2D eigenvalue weighted by atomic mass is 9.92. The average molecular weight is 468 g/mol. The van der Waals surface area contributed by atoms with Gasteiger partial charge in [0.05, 0.1) is 0 Å². The second-order valence-electron chi connectivity index (χ2n) is 11.0. The van der Waals surface area contributed by atoms with Gasteiger partial charge in [-0.3, -0.25) is 0 Å². The van der Waals surface area contributed by atoms with Crippen LogP contribution in [0.1, 0.15) is 83.2 Å². The molecule has 0 aliphatic rings. The summed E-state index contributed by atoms with van der Waals surface area (Å²) < 4.78 is 13.1. The highest BCUT2D eigenvalue weighted by atomic mass is 16.5. The third kappa shape index (κ3) is 6.84. The highest BCUT2D eigenvalue weighted by Crippen LogP contribution is 2.34. The quantitative estimate of drug-likeness (QED) is 0.295. The van der Waals surface area contributed by atoms with Gasteiger partial charge in [-0.15, -0.1) is 0 Å². The summed E-state index contributed by atoms with van der Waals surface area (Å²) in [5.41, 5.74) is 5.52. The molecule has 0 amide bonds. The largest absolute Gasteiger partial charge is 0.490 e. The molecular formula is C30H45NO3. The van der Waals surface area contributed by atoms with Crippen molar-refractivity contribution in [3.63, 3.8) is 0 Å². The first kappa shape index (κ1) is 27.9. The summed E-state index contributed by atoms with van der Waals surface area (Å²) >= 11 is 0. The van der Waals surface area contributed by atoms with Gasteiger partial charge >= 0.3 is 0 Å². The van der Waals surface area contributed by atoms with E-state index in [1.54, 1.807) is 0 Å². The first-order valence-electron chi connectivity index (χ1n) is 12.8. The minimum absolute atomic E-state index is 0.113. The zero-order valence-corrected chi connectivity index (χ0v) is 22.9. The number of rotatable bonds is 12. The smallest absolute Gasteiger partial charge is 0.123 e. The van der Waals surface area contributed by atoms with Crippen molar-refractivity contribution in [2.75, 3.05) is 0 Å². The Morgan fingerprint density at radius 1 is 0.676 bits per heavy atom. The van der Waals surface area contributed by atoms with Crippen LogP contribution in [0.3, 0.4) is 0 Å². The first-order valence-corrected chi connectivity index (χ1v) is 12.8. The summed E-state index contributed by atoms with van der Waals surface area (Å²) in [6.45, 7) is 22.0. The van der Waals surface area contributed by atoms with Crippen molar-refractivity contribution >= 4 is 0 Å². The van der Waals surface area contributed by atoms with Gasteiger partial charge in [0.2, 0.25) is 0 Å². The molecule has 0 bridgehead atoms. The molecule has 0 heterocycles. The molecule has 0 saturated heterocycles. The van der Waals surface area contributed by atoms with Gasteiger partial charge in [0.25, 0.3) is 0 Å². The second-order valence-corrected chi connectivity index (χ2v) is 11.0. The summed E-state index contributed by atoms with van der Waals surface area (Å²) in [7, 11) is 0. The number of ether oxygens (including phenoxy) is 2. The Balaban J connectivity index is 2.50. The molecule has 2 aromatic rings. The van der Waals surface area contributed by atoms with Gasteiger partial charge < -0.3 is 9.47 Å². The molecule has 0 N–H and O–H groups in total. The number of nitroso groups, excluding NO2 is 1. The van der Waals surface area contributed by atoms with Gasteiger partial charge in [0, 0.05) is 12.0 Å². The lowest BCUT2D eigenvalue weighted by Gasteiger charge is -2.29. The summed E-state index contributed by atoms with van der Waals surface area (Å²) in [6.07, 6.45) is 0.990. The summed E-state index contributed by atoms with van der Waals surface area (Å²) in [5, 5.41) is 3.15. The van der Waals surface area contributed by atoms with E-state index in [-0.39, 0.29) is 18.8 Å². The Kier molecular flexibility index (Phi) is 10.1. The topological polar surface area (TPSA) is 47.9 Å². The lowest BCUT2D eigenvalue weighted by molar-refractivity contribution is 0.103. The maximum atomic E-state index is 11.1. The van der Waals surface area contributed by atoms with Crippen molar-refractivity contribution in [3.05, 3.63) is 63.1 Å². The van der Waals surface area contributed by atoms with Crippen LogP contribution in [0.15, 0.2) is 35.5 Å². The van der Waals surface area contributed by atoms with E-state index >= 15 is 0 Å². The van der Waals surface area contributed by atoms with Gasteiger partial charge in [0.1, 0.15) is 30.3 Å². The van der Waals surface area contributed by atoms with E-state index in [1.807, 2.05) is 12.1 Å². The molecule has 0 aliphatic carbocycles. The summed E-state index contributed by atoms with van der Waals surface area (Å²) in [5.74, 6) is 3.49. The van der Waals surface area contributed by atoms with Gasteiger partial charge in [-0.05, 0) is 71.9 Å². The summed E-state index contributed by atoms with van der Waals surface area (Å²) in [6, 6.07) is 10.3. The van der Waals surface area contributed by atoms with Crippen LogP contribution in [0.4, 0.5) is 0 Å². The molecule has 188 valence electrons. The zero-order chi connectivity index (χ0) is 25.6. The molecule has 0 atom stereocenters. The summed E-state index contributed by atoms with van der Waals surface area (Å²) in [4.78, 5) is 11.1. The monoisotopic (exact) mass is 467 g/mol. The van der Waals surface area contributed by atoms with E-state index in [0.717, 1.165) is 33.8 Å². The van der Waals surface area contributed by atoms with Crippen molar-refractivity contribution in [3.8, 4) is 11.5 Å². The van der Waals surface area contributed by atoms with Gasteiger partial charge in [0.15, 0.2) is 0 Å². The first-order chi connectivity index (χ1) is 16.0. The zero-order valence-electron chi connectivity index (χ0n) is 22.9. The van der Waals surface area contributed by atoms with Crippen molar-refractivity contribution in [2.45, 2.75) is 94.4 Å². The van der Waals surface area contributed by atoms with Gasteiger partial charge in [-0.2, -0.15) is 4.91 Å². The molecule has 0 aliphatic heterocycles. The normalized spacial score (nSPS) is 12.0. The van der Waals surface area contributed by atoms with Gasteiger partial charge in [-0.1, -0.05) is 78.8 Å². The highest BCUT2D eigenvalue weighted by molar-refractivity contribution is 5.50. The van der Waals surface area contributed by atoms with E-state index in [9.17, 15) is 4.91 Å². The van der Waals surface area contributed by atoms with E-state index in [1.165, 1.54) is 5.56 Å². The Bertz CT molecular complexity index is 930. The molecular weight excluding hydrogens is 422 g/mol. The fourth-order valence-corrected chi connectivity index (χ4v) is 4.90. The molecule has 0 radical (unpaired) electrons. The highest BCUT2D eigenvalue weighted by Gasteiger charge is 2.24. The van der Waals surface area contributed by atoms with Gasteiger partial charge in [-0.25, -0.2) is 0 Å². The molecule has 34 heavy (non-hydrogen) atoms. The number of nitrogens with zero attached hydrogens (tertiary/aromatic N) is 1. The molecule has 4 heteroatoms. The molecule has 0 saturated carbocycles. The molecule has 0 aromatic heterocycles. The van der Waals surface area contributed by atoms with Crippen molar-refractivity contribution in [1.29, 1.82) is 0 Å². The van der Waals surface area contributed by atoms with Crippen LogP contribution in [-0.2, 0) is 13.0 Å². The maximum absolute atomic E-state index is 11.1. The number of hydrogen-bond acceptors (Lipinski definition) is 4. The van der Waals surface area contributed by atoms with Crippen molar-refractivity contribution in [2.24, 2.45) is 28.8 Å². The molecule has 2 rings (SSSR count). The predicted molar refractivity (Wildman–Crippen MR) is 143 cm³/mol. The fourth-order valence-electron chi connectivity index (χ4n) is 4.90. The standard InChI is InChI=1S/C30H45NO3/c1-18(2)29(19(3)4)33-27-13-11-12-24(23(27)10)16-26-22(9)25(17-31-32)14-15-28(26)34-30(20(5)6)21(7)8/h11-15,18-21,29-30H,16-17H2,1-10H3. The third-order valence-electron chi connectivity index (χ3n) is 6.82. The van der Waals surface area contributed by atoms with Crippen LogP contribution in [0.5, 0.6) is 11.5 Å². The van der Waals surface area contributed by atoms with Crippen LogP contribution >= 0.6 is 0 Å². The van der Waals surface area contributed by atoms with Crippen LogP contribution in [0.25, 0.3) is 0 Å². The van der Waals surface area contributed by atoms with Crippen LogP contribution in [0, 0.1) is 42.4 Å². The second kappa shape index (κ2) is 12.4. The number of hydrogen-bond donors (Lipinski definition) is 0. The van der Waals surface area contributed by atoms with E-state index in [4.69, 9.17) is 9.47 Å². The number of benzene rings is 2. The average Bonchev–Trinajstić information content (AvgIpc) is 2.75. The minimum atomic E-state index is 0.113. The predicted octanol–water partition coefficient (Wildman–Crippen LogP) is 8.28. The van der Waals surface area contributed by atoms with Crippen molar-refractivity contribution in [1.82, 2.24) is 0 Å². The van der Waals surface area contributed by atoms with Crippen LogP contribution in [0.2, 0.25) is 0 Å². The Labute approximate surface area is 207 Å².